The van der Waals surface area contributed by atoms with Gasteiger partial charge in [0.15, 0.2) is 0 Å². The van der Waals surface area contributed by atoms with Crippen LogP contribution in [0, 0.1) is 11.2 Å². The van der Waals surface area contributed by atoms with Gasteiger partial charge in [-0.2, -0.15) is 0 Å². The van der Waals surface area contributed by atoms with Crippen LogP contribution in [0.2, 0.25) is 0 Å². The zero-order valence-corrected chi connectivity index (χ0v) is 24.3. The maximum Gasteiger partial charge on any atom is 0.307 e. The molecule has 2 aromatic carbocycles. The molecule has 0 unspecified atom stereocenters. The number of nitrogens with zero attached hydrogens (tertiary/aromatic N) is 2. The Balaban J connectivity index is 1.43. The highest BCUT2D eigenvalue weighted by atomic mass is 19.1. The van der Waals surface area contributed by atoms with Gasteiger partial charge in [-0.15, -0.1) is 0 Å². The van der Waals surface area contributed by atoms with E-state index in [-0.39, 0.29) is 35.3 Å². The molecule has 8 nitrogen and oxygen atoms in total. The van der Waals surface area contributed by atoms with E-state index >= 15 is 0 Å². The number of rotatable bonds is 8. The van der Waals surface area contributed by atoms with E-state index in [4.69, 9.17) is 10.5 Å². The van der Waals surface area contributed by atoms with Crippen molar-refractivity contribution < 1.29 is 23.5 Å². The van der Waals surface area contributed by atoms with Crippen LogP contribution in [0.5, 0.6) is 0 Å². The van der Waals surface area contributed by atoms with Gasteiger partial charge in [0.2, 0.25) is 5.91 Å². The van der Waals surface area contributed by atoms with Crippen molar-refractivity contribution in [2.24, 2.45) is 11.1 Å². The summed E-state index contributed by atoms with van der Waals surface area (Å²) >= 11 is 0. The van der Waals surface area contributed by atoms with Crippen molar-refractivity contribution >= 4 is 34.4 Å². The fourth-order valence-electron chi connectivity index (χ4n) is 6.23. The topological polar surface area (TPSA) is 107 Å². The fraction of sp³-hybridized carbons (Fsp3) is 0.469. The second-order valence-corrected chi connectivity index (χ2v) is 12.5. The van der Waals surface area contributed by atoms with E-state index in [0.717, 1.165) is 42.5 Å². The summed E-state index contributed by atoms with van der Waals surface area (Å²) in [5.41, 5.74) is 9.60. The number of aromatic nitrogens is 1. The predicted molar refractivity (Wildman–Crippen MR) is 158 cm³/mol. The minimum absolute atomic E-state index is 0.00890. The minimum Gasteiger partial charge on any atom is -0.462 e. The average Bonchev–Trinajstić information content (AvgIpc) is 3.20. The number of primary amides is 1. The number of benzene rings is 2. The van der Waals surface area contributed by atoms with Crippen LogP contribution >= 0.6 is 0 Å². The van der Waals surface area contributed by atoms with E-state index in [1.54, 1.807) is 16.7 Å². The van der Waals surface area contributed by atoms with Crippen molar-refractivity contribution in [2.75, 3.05) is 26.0 Å². The molecular formula is C32H39FN4O4. The van der Waals surface area contributed by atoms with Crippen molar-refractivity contribution in [3.63, 3.8) is 0 Å². The lowest BCUT2D eigenvalue weighted by Gasteiger charge is -2.31. The Morgan fingerprint density at radius 1 is 1.10 bits per heavy atom. The Morgan fingerprint density at radius 3 is 2.51 bits per heavy atom. The van der Waals surface area contributed by atoms with Gasteiger partial charge in [-0.25, -0.2) is 4.39 Å². The van der Waals surface area contributed by atoms with Gasteiger partial charge in [0, 0.05) is 41.3 Å². The molecular weight excluding hydrogens is 523 g/mol. The SMILES string of the molecule is CN(C)CCC(=O)OC1CCC(Nc2cc(-c3c4n(c5ccc(F)cc35)C(=O)CC(C)(C)C4)ccc2C(N)=O)CC1. The van der Waals surface area contributed by atoms with Crippen LogP contribution in [-0.4, -0.2) is 60.0 Å². The molecule has 5 rings (SSSR count). The molecule has 0 atom stereocenters. The van der Waals surface area contributed by atoms with Crippen LogP contribution in [0.1, 0.15) is 73.2 Å². The van der Waals surface area contributed by atoms with Crippen molar-refractivity contribution in [1.82, 2.24) is 9.47 Å². The van der Waals surface area contributed by atoms with Gasteiger partial charge in [0.1, 0.15) is 11.9 Å². The summed E-state index contributed by atoms with van der Waals surface area (Å²) in [5.74, 6) is -1.11. The first-order valence-corrected chi connectivity index (χ1v) is 14.3. The van der Waals surface area contributed by atoms with E-state index in [9.17, 15) is 18.8 Å². The summed E-state index contributed by atoms with van der Waals surface area (Å²) in [6.45, 7) is 4.78. The number of fused-ring (bicyclic) bond motifs is 3. The largest absolute Gasteiger partial charge is 0.462 e. The summed E-state index contributed by atoms with van der Waals surface area (Å²) < 4.78 is 21.9. The zero-order chi connectivity index (χ0) is 29.5. The molecule has 1 fully saturated rings. The predicted octanol–water partition coefficient (Wildman–Crippen LogP) is 5.38. The molecule has 0 spiro atoms. The number of ether oxygens (including phenoxy) is 1. The number of anilines is 1. The van der Waals surface area contributed by atoms with Gasteiger partial charge < -0.3 is 20.7 Å². The second-order valence-electron chi connectivity index (χ2n) is 12.5. The summed E-state index contributed by atoms with van der Waals surface area (Å²) in [6, 6.07) is 10.00. The molecule has 2 aliphatic rings. The fourth-order valence-corrected chi connectivity index (χ4v) is 6.23. The summed E-state index contributed by atoms with van der Waals surface area (Å²) in [4.78, 5) is 39.7. The smallest absolute Gasteiger partial charge is 0.307 e. The van der Waals surface area contributed by atoms with Crippen molar-refractivity contribution in [3.05, 3.63) is 53.5 Å². The second kappa shape index (κ2) is 11.3. The van der Waals surface area contributed by atoms with Gasteiger partial charge >= 0.3 is 5.97 Å². The number of carbonyl (C=O) groups excluding carboxylic acids is 3. The summed E-state index contributed by atoms with van der Waals surface area (Å²) in [7, 11) is 3.85. The highest BCUT2D eigenvalue weighted by Gasteiger charge is 2.35. The molecule has 1 amide bonds. The Kier molecular flexibility index (Phi) is 7.92. The van der Waals surface area contributed by atoms with E-state index < -0.39 is 5.91 Å². The number of halogens is 1. The third-order valence-electron chi connectivity index (χ3n) is 8.22. The molecule has 3 N–H and O–H groups in total. The van der Waals surface area contributed by atoms with E-state index in [1.165, 1.54) is 12.1 Å². The van der Waals surface area contributed by atoms with Gasteiger partial charge in [-0.05, 0) is 87.5 Å². The molecule has 0 radical (unpaired) electrons. The lowest BCUT2D eigenvalue weighted by molar-refractivity contribution is -0.150. The van der Waals surface area contributed by atoms with Gasteiger partial charge in [-0.3, -0.25) is 19.0 Å². The van der Waals surface area contributed by atoms with Gasteiger partial charge in [-0.1, -0.05) is 19.9 Å². The van der Waals surface area contributed by atoms with Gasteiger partial charge in [0.05, 0.1) is 17.5 Å². The number of carbonyl (C=O) groups is 3. The van der Waals surface area contributed by atoms with Crippen LogP contribution in [0.15, 0.2) is 36.4 Å². The molecule has 1 aromatic heterocycles. The number of nitrogens with one attached hydrogen (secondary N) is 1. The molecule has 1 saturated carbocycles. The maximum absolute atomic E-state index is 14.5. The van der Waals surface area contributed by atoms with Crippen LogP contribution < -0.4 is 11.1 Å². The van der Waals surface area contributed by atoms with Crippen LogP contribution in [0.25, 0.3) is 22.0 Å². The van der Waals surface area contributed by atoms with E-state index in [1.807, 2.05) is 31.1 Å². The number of esters is 1. The van der Waals surface area contributed by atoms with Crippen LogP contribution in [-0.2, 0) is 16.0 Å². The Bertz CT molecular complexity index is 1500. The summed E-state index contributed by atoms with van der Waals surface area (Å²) in [6.07, 6.45) is 4.31. The molecule has 9 heteroatoms. The van der Waals surface area contributed by atoms with Crippen LogP contribution in [0.4, 0.5) is 10.1 Å². The average molecular weight is 563 g/mol. The van der Waals surface area contributed by atoms with Crippen molar-refractivity contribution in [3.8, 4) is 11.1 Å². The molecule has 218 valence electrons. The number of hydrogen-bond donors (Lipinski definition) is 2. The third kappa shape index (κ3) is 6.15. The molecule has 0 saturated heterocycles. The monoisotopic (exact) mass is 562 g/mol. The third-order valence-corrected chi connectivity index (χ3v) is 8.22. The van der Waals surface area contributed by atoms with E-state index in [0.29, 0.717) is 48.0 Å². The van der Waals surface area contributed by atoms with Crippen LogP contribution in [0.3, 0.4) is 0 Å². The molecule has 1 aliphatic carbocycles. The van der Waals surface area contributed by atoms with Crippen molar-refractivity contribution in [1.29, 1.82) is 0 Å². The standard InChI is InChI=1S/C32H39FN4O4/c1-32(2)17-27-30(24-16-20(33)6-12-26(24)37(27)28(38)18-32)19-5-11-23(31(34)40)25(15-19)35-21-7-9-22(10-8-21)41-29(39)13-14-36(3)4/h5-6,11-12,15-16,21-22,35H,7-10,13-14,17-18H2,1-4H3,(H2,34,40). The molecule has 41 heavy (non-hydrogen) atoms. The Morgan fingerprint density at radius 2 is 1.83 bits per heavy atom. The quantitative estimate of drug-likeness (QED) is 0.357. The van der Waals surface area contributed by atoms with Gasteiger partial charge in [0.25, 0.3) is 5.91 Å². The highest BCUT2D eigenvalue weighted by Crippen LogP contribution is 2.43. The number of amides is 1. The first kappa shape index (κ1) is 28.8. The number of nitrogens with two attached hydrogens (primary N) is 1. The van der Waals surface area contributed by atoms with E-state index in [2.05, 4.69) is 19.2 Å². The lowest BCUT2D eigenvalue weighted by Crippen LogP contribution is -2.32. The first-order valence-electron chi connectivity index (χ1n) is 14.3. The normalized spacial score (nSPS) is 20.2. The number of hydrogen-bond acceptors (Lipinski definition) is 6. The molecule has 0 bridgehead atoms. The Hall–Kier alpha value is -3.72. The molecule has 3 aromatic rings. The Labute approximate surface area is 240 Å². The highest BCUT2D eigenvalue weighted by molar-refractivity contribution is 6.06. The molecule has 2 heterocycles. The maximum atomic E-state index is 14.5. The lowest BCUT2D eigenvalue weighted by atomic mass is 9.80. The zero-order valence-electron chi connectivity index (χ0n) is 24.3. The first-order chi connectivity index (χ1) is 19.4. The minimum atomic E-state index is -0.548. The molecule has 1 aliphatic heterocycles. The van der Waals surface area contributed by atoms with Crippen molar-refractivity contribution in [2.45, 2.75) is 70.9 Å². The summed E-state index contributed by atoms with van der Waals surface area (Å²) in [5, 5.41) is 4.18.